The van der Waals surface area contributed by atoms with Gasteiger partial charge >= 0.3 is 0 Å². The molecule has 2 heteroatoms. The summed E-state index contributed by atoms with van der Waals surface area (Å²) in [5.74, 6) is 1.46. The van der Waals surface area contributed by atoms with Crippen LogP contribution in [-0.2, 0) is 6.61 Å². The van der Waals surface area contributed by atoms with Gasteiger partial charge in [-0.15, -0.1) is 0 Å². The second-order valence-electron chi connectivity index (χ2n) is 4.30. The molecule has 0 fully saturated rings. The Labute approximate surface area is 91.9 Å². The molecule has 0 saturated heterocycles. The Hall–Kier alpha value is -1.02. The predicted molar refractivity (Wildman–Crippen MR) is 62.1 cm³/mol. The third-order valence-electron chi connectivity index (χ3n) is 2.34. The van der Waals surface area contributed by atoms with Gasteiger partial charge < -0.3 is 9.84 Å². The van der Waals surface area contributed by atoms with E-state index in [-0.39, 0.29) is 6.61 Å². The van der Waals surface area contributed by atoms with Crippen LogP contribution in [-0.4, -0.2) is 11.7 Å². The first-order valence-corrected chi connectivity index (χ1v) is 5.46. The van der Waals surface area contributed by atoms with E-state index in [1.54, 1.807) is 0 Å². The van der Waals surface area contributed by atoms with Crippen molar-refractivity contribution in [2.24, 2.45) is 5.92 Å². The molecule has 0 saturated carbocycles. The van der Waals surface area contributed by atoms with Crippen molar-refractivity contribution < 1.29 is 9.84 Å². The van der Waals surface area contributed by atoms with Gasteiger partial charge in [-0.2, -0.15) is 0 Å². The lowest BCUT2D eigenvalue weighted by Gasteiger charge is -2.11. The molecule has 0 aliphatic rings. The second kappa shape index (κ2) is 5.76. The molecular weight excluding hydrogens is 188 g/mol. The topological polar surface area (TPSA) is 29.5 Å². The van der Waals surface area contributed by atoms with Gasteiger partial charge in [0, 0.05) is 5.56 Å². The van der Waals surface area contributed by atoms with Gasteiger partial charge in [0.25, 0.3) is 0 Å². The summed E-state index contributed by atoms with van der Waals surface area (Å²) in [6.45, 7) is 7.11. The summed E-state index contributed by atoms with van der Waals surface area (Å²) in [7, 11) is 0. The van der Waals surface area contributed by atoms with Crippen LogP contribution >= 0.6 is 0 Å². The Balaban J connectivity index is 2.60. The molecule has 0 atom stereocenters. The zero-order valence-corrected chi connectivity index (χ0v) is 9.79. The van der Waals surface area contributed by atoms with Crippen LogP contribution in [0.1, 0.15) is 31.4 Å². The molecule has 0 aliphatic heterocycles. The maximum absolute atomic E-state index is 9.17. The van der Waals surface area contributed by atoms with Gasteiger partial charge in [0.05, 0.1) is 13.2 Å². The number of ether oxygens (including phenoxy) is 1. The second-order valence-corrected chi connectivity index (χ2v) is 4.30. The molecule has 2 nitrogen and oxygen atoms in total. The SMILES string of the molecule is Cc1ccc(OCCC(C)C)c(CO)c1. The van der Waals surface area contributed by atoms with Crippen molar-refractivity contribution in [2.45, 2.75) is 33.8 Å². The largest absolute Gasteiger partial charge is 0.493 e. The summed E-state index contributed by atoms with van der Waals surface area (Å²) in [6, 6.07) is 5.90. The van der Waals surface area contributed by atoms with Crippen LogP contribution in [0.15, 0.2) is 18.2 Å². The number of hydrogen-bond donors (Lipinski definition) is 1. The highest BCUT2D eigenvalue weighted by atomic mass is 16.5. The minimum Gasteiger partial charge on any atom is -0.493 e. The van der Waals surface area contributed by atoms with Crippen molar-refractivity contribution in [3.8, 4) is 5.75 Å². The van der Waals surface area contributed by atoms with Crippen LogP contribution in [0.2, 0.25) is 0 Å². The molecule has 1 aromatic carbocycles. The van der Waals surface area contributed by atoms with Crippen molar-refractivity contribution in [1.29, 1.82) is 0 Å². The monoisotopic (exact) mass is 208 g/mol. The summed E-state index contributed by atoms with van der Waals surface area (Å²) < 4.78 is 5.63. The average molecular weight is 208 g/mol. The van der Waals surface area contributed by atoms with Gasteiger partial charge in [-0.3, -0.25) is 0 Å². The van der Waals surface area contributed by atoms with Gasteiger partial charge in [0.1, 0.15) is 5.75 Å². The number of rotatable bonds is 5. The highest BCUT2D eigenvalue weighted by molar-refractivity contribution is 5.36. The summed E-state index contributed by atoms with van der Waals surface area (Å²) >= 11 is 0. The van der Waals surface area contributed by atoms with Gasteiger partial charge in [-0.05, 0) is 25.3 Å². The minimum absolute atomic E-state index is 0.0404. The third kappa shape index (κ3) is 3.92. The van der Waals surface area contributed by atoms with Crippen molar-refractivity contribution in [3.63, 3.8) is 0 Å². The van der Waals surface area contributed by atoms with Crippen molar-refractivity contribution in [2.75, 3.05) is 6.61 Å². The Morgan fingerprint density at radius 2 is 2.07 bits per heavy atom. The smallest absolute Gasteiger partial charge is 0.124 e. The first-order chi connectivity index (χ1) is 7.13. The number of aryl methyl sites for hydroxylation is 1. The number of aliphatic hydroxyl groups is 1. The molecule has 0 radical (unpaired) electrons. The maximum atomic E-state index is 9.17. The van der Waals surface area contributed by atoms with Gasteiger partial charge in [-0.25, -0.2) is 0 Å². The van der Waals surface area contributed by atoms with E-state index in [1.165, 1.54) is 0 Å². The lowest BCUT2D eigenvalue weighted by molar-refractivity contribution is 0.255. The van der Waals surface area contributed by atoms with Crippen molar-refractivity contribution in [1.82, 2.24) is 0 Å². The predicted octanol–water partition coefficient (Wildman–Crippen LogP) is 2.91. The van der Waals surface area contributed by atoms with Crippen LogP contribution < -0.4 is 4.74 Å². The zero-order chi connectivity index (χ0) is 11.3. The molecular formula is C13H20O2. The van der Waals surface area contributed by atoms with Gasteiger partial charge in [0.15, 0.2) is 0 Å². The zero-order valence-electron chi connectivity index (χ0n) is 9.79. The van der Waals surface area contributed by atoms with Crippen LogP contribution in [0.25, 0.3) is 0 Å². The molecule has 1 N–H and O–H groups in total. The number of aliphatic hydroxyl groups excluding tert-OH is 1. The molecule has 0 spiro atoms. The fourth-order valence-corrected chi connectivity index (χ4v) is 1.38. The number of hydrogen-bond acceptors (Lipinski definition) is 2. The van der Waals surface area contributed by atoms with E-state index < -0.39 is 0 Å². The lowest BCUT2D eigenvalue weighted by atomic mass is 10.1. The fraction of sp³-hybridized carbons (Fsp3) is 0.538. The minimum atomic E-state index is 0.0404. The summed E-state index contributed by atoms with van der Waals surface area (Å²) in [6.07, 6.45) is 1.04. The van der Waals surface area contributed by atoms with E-state index in [0.717, 1.165) is 23.3 Å². The van der Waals surface area contributed by atoms with E-state index >= 15 is 0 Å². The highest BCUT2D eigenvalue weighted by Crippen LogP contribution is 2.20. The average Bonchev–Trinajstić information content (AvgIpc) is 2.19. The first-order valence-electron chi connectivity index (χ1n) is 5.46. The summed E-state index contributed by atoms with van der Waals surface area (Å²) in [5, 5.41) is 9.17. The Bertz CT molecular complexity index is 305. The normalized spacial score (nSPS) is 10.7. The molecule has 0 aliphatic carbocycles. The highest BCUT2D eigenvalue weighted by Gasteiger charge is 2.03. The summed E-state index contributed by atoms with van der Waals surface area (Å²) in [4.78, 5) is 0. The van der Waals surface area contributed by atoms with Crippen LogP contribution in [0, 0.1) is 12.8 Å². The van der Waals surface area contributed by atoms with Gasteiger partial charge in [0.2, 0.25) is 0 Å². The standard InChI is InChI=1S/C13H20O2/c1-10(2)6-7-15-13-5-4-11(3)8-12(13)9-14/h4-5,8,10,14H,6-7,9H2,1-3H3. The van der Waals surface area contributed by atoms with Crippen LogP contribution in [0.5, 0.6) is 5.75 Å². The van der Waals surface area contributed by atoms with E-state index in [9.17, 15) is 5.11 Å². The van der Waals surface area contributed by atoms with E-state index in [1.807, 2.05) is 25.1 Å². The van der Waals surface area contributed by atoms with Crippen LogP contribution in [0.4, 0.5) is 0 Å². The fourth-order valence-electron chi connectivity index (χ4n) is 1.38. The Kier molecular flexibility index (Phi) is 4.63. The molecule has 0 heterocycles. The third-order valence-corrected chi connectivity index (χ3v) is 2.34. The van der Waals surface area contributed by atoms with E-state index in [4.69, 9.17) is 4.74 Å². The quantitative estimate of drug-likeness (QED) is 0.806. The van der Waals surface area contributed by atoms with Crippen molar-refractivity contribution >= 4 is 0 Å². The first kappa shape index (κ1) is 12.1. The number of benzene rings is 1. The molecule has 84 valence electrons. The van der Waals surface area contributed by atoms with E-state index in [2.05, 4.69) is 13.8 Å². The molecule has 0 unspecified atom stereocenters. The van der Waals surface area contributed by atoms with E-state index in [0.29, 0.717) is 12.5 Å². The van der Waals surface area contributed by atoms with Crippen molar-refractivity contribution in [3.05, 3.63) is 29.3 Å². The molecule has 15 heavy (non-hydrogen) atoms. The molecule has 1 rings (SSSR count). The van der Waals surface area contributed by atoms with Crippen LogP contribution in [0.3, 0.4) is 0 Å². The van der Waals surface area contributed by atoms with Gasteiger partial charge in [-0.1, -0.05) is 31.5 Å². The summed E-state index contributed by atoms with van der Waals surface area (Å²) in [5.41, 5.74) is 2.02. The lowest BCUT2D eigenvalue weighted by Crippen LogP contribution is -2.03. The molecule has 0 bridgehead atoms. The maximum Gasteiger partial charge on any atom is 0.124 e. The Morgan fingerprint density at radius 3 is 2.67 bits per heavy atom. The molecule has 0 amide bonds. The molecule has 0 aromatic heterocycles. The Morgan fingerprint density at radius 1 is 1.33 bits per heavy atom. The molecule has 1 aromatic rings.